The number of hydrogen-bond acceptors (Lipinski definition) is 2. The third kappa shape index (κ3) is 2.27. The second kappa shape index (κ2) is 2.96. The van der Waals surface area contributed by atoms with Gasteiger partial charge in [0.05, 0.1) is 0 Å². The lowest BCUT2D eigenvalue weighted by molar-refractivity contribution is -0.0652. The van der Waals surface area contributed by atoms with Gasteiger partial charge in [-0.2, -0.15) is 5.10 Å². The van der Waals surface area contributed by atoms with Crippen molar-refractivity contribution < 1.29 is 13.9 Å². The summed E-state index contributed by atoms with van der Waals surface area (Å²) in [5.74, 6) is -3.08. The van der Waals surface area contributed by atoms with E-state index in [1.54, 1.807) is 6.07 Å². The lowest BCUT2D eigenvalue weighted by Gasteiger charge is -2.12. The Morgan fingerprint density at radius 2 is 2.27 bits per heavy atom. The molecular formula is C6H8F2N2O. The first-order valence-electron chi connectivity index (χ1n) is 3.10. The molecule has 1 heterocycles. The Balaban J connectivity index is 2.56. The summed E-state index contributed by atoms with van der Waals surface area (Å²) in [6.07, 6.45) is 2.83. The Morgan fingerprint density at radius 3 is 2.73 bits per heavy atom. The Labute approximate surface area is 62.3 Å². The van der Waals surface area contributed by atoms with E-state index in [9.17, 15) is 8.78 Å². The van der Waals surface area contributed by atoms with Gasteiger partial charge in [0.1, 0.15) is 13.2 Å². The zero-order valence-electron chi connectivity index (χ0n) is 5.74. The van der Waals surface area contributed by atoms with E-state index >= 15 is 0 Å². The normalized spacial score (nSPS) is 11.9. The van der Waals surface area contributed by atoms with Crippen molar-refractivity contribution in [1.29, 1.82) is 0 Å². The van der Waals surface area contributed by atoms with Crippen molar-refractivity contribution in [3.8, 4) is 0 Å². The van der Waals surface area contributed by atoms with Crippen LogP contribution in [0.3, 0.4) is 0 Å². The number of nitrogens with zero attached hydrogens (tertiary/aromatic N) is 2. The van der Waals surface area contributed by atoms with Gasteiger partial charge in [0.15, 0.2) is 0 Å². The van der Waals surface area contributed by atoms with E-state index in [-0.39, 0.29) is 0 Å². The maximum Gasteiger partial charge on any atom is 0.289 e. The number of aliphatic hydroxyl groups excluding tert-OH is 1. The summed E-state index contributed by atoms with van der Waals surface area (Å²) in [6.45, 7) is -1.72. The van der Waals surface area contributed by atoms with Crippen molar-refractivity contribution >= 4 is 0 Å². The summed E-state index contributed by atoms with van der Waals surface area (Å²) in [4.78, 5) is 0. The maximum atomic E-state index is 12.4. The van der Waals surface area contributed by atoms with Crippen molar-refractivity contribution in [3.63, 3.8) is 0 Å². The predicted octanol–water partition coefficient (Wildman–Crippen LogP) is 0.511. The average molecular weight is 162 g/mol. The second-order valence-corrected chi connectivity index (χ2v) is 2.22. The number of halogens is 2. The predicted molar refractivity (Wildman–Crippen MR) is 34.3 cm³/mol. The maximum absolute atomic E-state index is 12.4. The van der Waals surface area contributed by atoms with Crippen molar-refractivity contribution in [3.05, 3.63) is 18.5 Å². The minimum atomic E-state index is -3.08. The smallest absolute Gasteiger partial charge is 0.289 e. The van der Waals surface area contributed by atoms with E-state index in [2.05, 4.69) is 5.10 Å². The molecule has 1 rings (SSSR count). The van der Waals surface area contributed by atoms with Crippen LogP contribution in [-0.4, -0.2) is 27.4 Å². The first kappa shape index (κ1) is 8.13. The van der Waals surface area contributed by atoms with E-state index in [0.29, 0.717) is 0 Å². The molecule has 62 valence electrons. The van der Waals surface area contributed by atoms with Gasteiger partial charge in [-0.25, -0.2) is 8.78 Å². The van der Waals surface area contributed by atoms with E-state index in [1.165, 1.54) is 12.4 Å². The van der Waals surface area contributed by atoms with Crippen LogP contribution in [0.25, 0.3) is 0 Å². The van der Waals surface area contributed by atoms with Crippen molar-refractivity contribution in [2.24, 2.45) is 0 Å². The molecule has 5 heteroatoms. The zero-order chi connectivity index (χ0) is 8.32. The third-order valence-electron chi connectivity index (χ3n) is 1.18. The molecule has 11 heavy (non-hydrogen) atoms. The first-order valence-corrected chi connectivity index (χ1v) is 3.10. The summed E-state index contributed by atoms with van der Waals surface area (Å²) < 4.78 is 25.9. The zero-order valence-corrected chi connectivity index (χ0v) is 5.74. The van der Waals surface area contributed by atoms with Crippen LogP contribution in [0.15, 0.2) is 18.5 Å². The summed E-state index contributed by atoms with van der Waals surface area (Å²) in [7, 11) is 0. The van der Waals surface area contributed by atoms with Gasteiger partial charge in [0.2, 0.25) is 0 Å². The SMILES string of the molecule is OCC(F)(F)Cn1cccn1. The molecule has 0 aliphatic carbocycles. The van der Waals surface area contributed by atoms with Gasteiger partial charge < -0.3 is 5.11 Å². The fourth-order valence-corrected chi connectivity index (χ4v) is 0.681. The van der Waals surface area contributed by atoms with Gasteiger partial charge in [0.25, 0.3) is 5.92 Å². The molecule has 0 aliphatic rings. The van der Waals surface area contributed by atoms with Crippen LogP contribution in [0.1, 0.15) is 0 Å². The van der Waals surface area contributed by atoms with E-state index in [1.807, 2.05) is 0 Å². The van der Waals surface area contributed by atoms with Crippen LogP contribution < -0.4 is 0 Å². The summed E-state index contributed by atoms with van der Waals surface area (Å²) >= 11 is 0. The quantitative estimate of drug-likeness (QED) is 0.703. The highest BCUT2D eigenvalue weighted by Gasteiger charge is 2.28. The van der Waals surface area contributed by atoms with Crippen LogP contribution >= 0.6 is 0 Å². The van der Waals surface area contributed by atoms with Crippen molar-refractivity contribution in [2.45, 2.75) is 12.5 Å². The lowest BCUT2D eigenvalue weighted by Crippen LogP contribution is -2.28. The molecule has 0 unspecified atom stereocenters. The molecular weight excluding hydrogens is 154 g/mol. The molecule has 0 spiro atoms. The minimum Gasteiger partial charge on any atom is -0.390 e. The number of aromatic nitrogens is 2. The lowest BCUT2D eigenvalue weighted by atomic mass is 10.4. The van der Waals surface area contributed by atoms with Gasteiger partial charge in [-0.3, -0.25) is 4.68 Å². The molecule has 0 atom stereocenters. The van der Waals surface area contributed by atoms with Crippen LogP contribution in [-0.2, 0) is 6.54 Å². The van der Waals surface area contributed by atoms with Gasteiger partial charge in [0, 0.05) is 12.4 Å². The molecule has 0 saturated carbocycles. The largest absolute Gasteiger partial charge is 0.390 e. The van der Waals surface area contributed by atoms with Gasteiger partial charge >= 0.3 is 0 Å². The standard InChI is InChI=1S/C6H8F2N2O/c7-6(8,5-11)4-10-3-1-2-9-10/h1-3,11H,4-5H2. The monoisotopic (exact) mass is 162 g/mol. The average Bonchev–Trinajstić information content (AvgIpc) is 2.39. The highest BCUT2D eigenvalue weighted by molar-refractivity contribution is 4.79. The second-order valence-electron chi connectivity index (χ2n) is 2.22. The molecule has 0 bridgehead atoms. The number of hydrogen-bond donors (Lipinski definition) is 1. The van der Waals surface area contributed by atoms with Crippen molar-refractivity contribution in [1.82, 2.24) is 9.78 Å². The van der Waals surface area contributed by atoms with E-state index in [4.69, 9.17) is 5.11 Å². The Morgan fingerprint density at radius 1 is 1.55 bits per heavy atom. The molecule has 3 nitrogen and oxygen atoms in total. The topological polar surface area (TPSA) is 38.0 Å². The Kier molecular flexibility index (Phi) is 2.19. The third-order valence-corrected chi connectivity index (χ3v) is 1.18. The highest BCUT2D eigenvalue weighted by atomic mass is 19.3. The molecule has 0 radical (unpaired) electrons. The van der Waals surface area contributed by atoms with Crippen molar-refractivity contribution in [2.75, 3.05) is 6.61 Å². The summed E-state index contributed by atoms with van der Waals surface area (Å²) in [6, 6.07) is 1.55. The molecule has 0 saturated heterocycles. The van der Waals surface area contributed by atoms with Crippen LogP contribution in [0, 0.1) is 0 Å². The minimum absolute atomic E-state index is 0.573. The van der Waals surface area contributed by atoms with Crippen LogP contribution in [0.5, 0.6) is 0 Å². The summed E-state index contributed by atoms with van der Waals surface area (Å²) in [5.41, 5.74) is 0. The molecule has 0 amide bonds. The molecule has 0 fully saturated rings. The Hall–Kier alpha value is -0.970. The number of aliphatic hydroxyl groups is 1. The molecule has 0 aromatic carbocycles. The summed E-state index contributed by atoms with van der Waals surface area (Å²) in [5, 5.41) is 11.8. The fourth-order valence-electron chi connectivity index (χ4n) is 0.681. The molecule has 1 aromatic rings. The molecule has 1 N–H and O–H groups in total. The van der Waals surface area contributed by atoms with E-state index in [0.717, 1.165) is 4.68 Å². The fraction of sp³-hybridized carbons (Fsp3) is 0.500. The van der Waals surface area contributed by atoms with Crippen LogP contribution in [0.2, 0.25) is 0 Å². The molecule has 1 aromatic heterocycles. The van der Waals surface area contributed by atoms with Crippen LogP contribution in [0.4, 0.5) is 8.78 Å². The Bertz CT molecular complexity index is 210. The van der Waals surface area contributed by atoms with Gasteiger partial charge in [-0.1, -0.05) is 0 Å². The number of alkyl halides is 2. The molecule has 0 aliphatic heterocycles. The highest BCUT2D eigenvalue weighted by Crippen LogP contribution is 2.13. The first-order chi connectivity index (χ1) is 5.14. The van der Waals surface area contributed by atoms with Gasteiger partial charge in [-0.05, 0) is 6.07 Å². The number of rotatable bonds is 3. The van der Waals surface area contributed by atoms with E-state index < -0.39 is 19.1 Å². The van der Waals surface area contributed by atoms with Gasteiger partial charge in [-0.15, -0.1) is 0 Å².